The molecule has 0 aliphatic carbocycles. The Morgan fingerprint density at radius 3 is 2.80 bits per heavy atom. The minimum atomic E-state index is -0.864. The van der Waals surface area contributed by atoms with Gasteiger partial charge in [0.05, 0.1) is 18.2 Å². The number of carbonyl (C=O) groups excluding carboxylic acids is 2. The van der Waals surface area contributed by atoms with Crippen molar-refractivity contribution in [2.45, 2.75) is 12.1 Å². The van der Waals surface area contributed by atoms with Crippen LogP contribution in [0.2, 0.25) is 0 Å². The quantitative estimate of drug-likeness (QED) is 0.872. The number of benzene rings is 1. The molecule has 1 fully saturated rings. The predicted molar refractivity (Wildman–Crippen MR) is 91.0 cm³/mol. The van der Waals surface area contributed by atoms with Crippen LogP contribution in [0, 0.1) is 0 Å². The van der Waals surface area contributed by atoms with E-state index in [1.54, 1.807) is 49.6 Å². The number of hydrogen-bond donors (Lipinski definition) is 2. The van der Waals surface area contributed by atoms with Crippen molar-refractivity contribution in [1.82, 2.24) is 9.88 Å². The minimum absolute atomic E-state index is 0.0407. The number of amides is 2. The Hall–Kier alpha value is -2.77. The van der Waals surface area contributed by atoms with Crippen molar-refractivity contribution in [3.8, 4) is 0 Å². The van der Waals surface area contributed by atoms with E-state index in [0.717, 1.165) is 0 Å². The fourth-order valence-electron chi connectivity index (χ4n) is 2.65. The number of ether oxygens (including phenoxy) is 1. The first-order valence-corrected chi connectivity index (χ1v) is 7.89. The largest absolute Gasteiger partial charge is 0.386 e. The van der Waals surface area contributed by atoms with E-state index in [1.165, 1.54) is 11.1 Å². The third-order valence-electron chi connectivity index (χ3n) is 4.20. The fraction of sp³-hybridized carbons (Fsp3) is 0.278. The van der Waals surface area contributed by atoms with Gasteiger partial charge in [0.2, 0.25) is 5.91 Å². The van der Waals surface area contributed by atoms with E-state index in [9.17, 15) is 14.7 Å². The lowest BCUT2D eigenvalue weighted by atomic mass is 10.0. The summed E-state index contributed by atoms with van der Waals surface area (Å²) in [6.07, 6.45) is 2.23. The highest BCUT2D eigenvalue weighted by atomic mass is 16.5. The van der Waals surface area contributed by atoms with Crippen molar-refractivity contribution in [3.63, 3.8) is 0 Å². The number of carbonyl (C=O) groups is 2. The maximum Gasteiger partial charge on any atom is 0.257 e. The van der Waals surface area contributed by atoms with Gasteiger partial charge in [-0.2, -0.15) is 0 Å². The molecule has 2 atom stereocenters. The number of anilines is 1. The van der Waals surface area contributed by atoms with Crippen LogP contribution in [0.25, 0.3) is 0 Å². The first kappa shape index (κ1) is 17.1. The van der Waals surface area contributed by atoms with Crippen LogP contribution in [0.4, 0.5) is 5.69 Å². The van der Waals surface area contributed by atoms with Crippen LogP contribution in [-0.2, 0) is 9.53 Å². The second kappa shape index (κ2) is 7.42. The molecule has 0 bridgehead atoms. The topological polar surface area (TPSA) is 91.8 Å². The highest BCUT2D eigenvalue weighted by Crippen LogP contribution is 2.24. The molecule has 7 heteroatoms. The third-order valence-corrected chi connectivity index (χ3v) is 4.20. The lowest BCUT2D eigenvalue weighted by molar-refractivity contribution is -0.151. The molecule has 7 nitrogen and oxygen atoms in total. The molecule has 2 heterocycles. The van der Waals surface area contributed by atoms with Gasteiger partial charge in [-0.1, -0.05) is 12.1 Å². The Kier molecular flexibility index (Phi) is 5.06. The number of hydrogen-bond acceptors (Lipinski definition) is 5. The molecule has 0 spiro atoms. The van der Waals surface area contributed by atoms with Crippen LogP contribution in [0.5, 0.6) is 0 Å². The Balaban J connectivity index is 1.67. The molecule has 1 aromatic heterocycles. The van der Waals surface area contributed by atoms with Crippen molar-refractivity contribution in [1.29, 1.82) is 0 Å². The monoisotopic (exact) mass is 341 g/mol. The van der Waals surface area contributed by atoms with Crippen LogP contribution in [-0.4, -0.2) is 53.1 Å². The number of aliphatic hydroxyl groups excluding tert-OH is 1. The summed E-state index contributed by atoms with van der Waals surface area (Å²) in [5, 5.41) is 13.3. The number of nitrogens with zero attached hydrogens (tertiary/aromatic N) is 2. The van der Waals surface area contributed by atoms with Gasteiger partial charge < -0.3 is 20.1 Å². The average molecular weight is 341 g/mol. The van der Waals surface area contributed by atoms with Crippen LogP contribution in [0.15, 0.2) is 48.8 Å². The van der Waals surface area contributed by atoms with Gasteiger partial charge in [0.1, 0.15) is 12.7 Å². The molecule has 2 amide bonds. The number of nitrogens with one attached hydrogen (secondary N) is 1. The van der Waals surface area contributed by atoms with Gasteiger partial charge in [-0.3, -0.25) is 14.6 Å². The number of rotatable bonds is 4. The maximum absolute atomic E-state index is 12.1. The number of morpholine rings is 1. The molecular formula is C18H19N3O4. The predicted octanol–water partition coefficient (Wildman–Crippen LogP) is 1.22. The molecule has 0 unspecified atom stereocenters. The van der Waals surface area contributed by atoms with Gasteiger partial charge in [0.25, 0.3) is 5.91 Å². The summed E-state index contributed by atoms with van der Waals surface area (Å²) in [5.74, 6) is -0.414. The summed E-state index contributed by atoms with van der Waals surface area (Å²) >= 11 is 0. The molecule has 1 saturated heterocycles. The summed E-state index contributed by atoms with van der Waals surface area (Å²) in [6.45, 7) is 0.321. The summed E-state index contributed by atoms with van der Waals surface area (Å²) in [5.41, 5.74) is 1.72. The zero-order valence-corrected chi connectivity index (χ0v) is 13.8. The van der Waals surface area contributed by atoms with E-state index in [2.05, 4.69) is 10.3 Å². The first-order chi connectivity index (χ1) is 12.1. The van der Waals surface area contributed by atoms with Gasteiger partial charge in [0, 0.05) is 25.1 Å². The van der Waals surface area contributed by atoms with Gasteiger partial charge in [-0.05, 0) is 29.8 Å². The van der Waals surface area contributed by atoms with Crippen molar-refractivity contribution < 1.29 is 19.4 Å². The zero-order chi connectivity index (χ0) is 17.8. The minimum Gasteiger partial charge on any atom is -0.386 e. The highest BCUT2D eigenvalue weighted by Gasteiger charge is 2.32. The molecule has 3 rings (SSSR count). The fourth-order valence-corrected chi connectivity index (χ4v) is 2.65. The van der Waals surface area contributed by atoms with Gasteiger partial charge in [0.15, 0.2) is 0 Å². The van der Waals surface area contributed by atoms with Crippen molar-refractivity contribution in [2.75, 3.05) is 25.6 Å². The second-order valence-electron chi connectivity index (χ2n) is 5.85. The van der Waals surface area contributed by atoms with E-state index in [0.29, 0.717) is 16.8 Å². The molecule has 2 aromatic rings. The number of aliphatic hydroxyl groups is 1. The molecule has 1 aliphatic rings. The normalized spacial score (nSPS) is 18.7. The standard InChI is InChI=1S/C18H19N3O4/c1-21-15(10-25-11-16(21)22)17(23)12-4-6-14(7-5-12)20-18(24)13-3-2-8-19-9-13/h2-9,15,17,23H,10-11H2,1H3,(H,20,24)/t15-,17-/m1/s1. The average Bonchev–Trinajstić information content (AvgIpc) is 2.65. The van der Waals surface area contributed by atoms with Gasteiger partial charge in [-0.25, -0.2) is 0 Å². The highest BCUT2D eigenvalue weighted by molar-refractivity contribution is 6.04. The smallest absolute Gasteiger partial charge is 0.257 e. The number of aromatic nitrogens is 1. The Labute approximate surface area is 145 Å². The zero-order valence-electron chi connectivity index (χ0n) is 13.8. The first-order valence-electron chi connectivity index (χ1n) is 7.89. The second-order valence-corrected chi connectivity index (χ2v) is 5.85. The van der Waals surface area contributed by atoms with Gasteiger partial charge >= 0.3 is 0 Å². The summed E-state index contributed by atoms with van der Waals surface area (Å²) in [4.78, 5) is 29.2. The molecule has 2 N–H and O–H groups in total. The molecule has 25 heavy (non-hydrogen) atoms. The lowest BCUT2D eigenvalue weighted by Gasteiger charge is -2.35. The van der Waals surface area contributed by atoms with Crippen molar-refractivity contribution in [2.24, 2.45) is 0 Å². The van der Waals surface area contributed by atoms with Crippen molar-refractivity contribution in [3.05, 3.63) is 59.9 Å². The molecular weight excluding hydrogens is 322 g/mol. The Morgan fingerprint density at radius 1 is 1.36 bits per heavy atom. The summed E-state index contributed by atoms with van der Waals surface area (Å²) in [7, 11) is 1.65. The van der Waals surface area contributed by atoms with E-state index in [-0.39, 0.29) is 25.0 Å². The lowest BCUT2D eigenvalue weighted by Crippen LogP contribution is -2.49. The number of likely N-dealkylation sites (N-methyl/N-ethyl adjacent to an activating group) is 1. The Morgan fingerprint density at radius 2 is 2.12 bits per heavy atom. The molecule has 1 aliphatic heterocycles. The van der Waals surface area contributed by atoms with E-state index < -0.39 is 12.1 Å². The van der Waals surface area contributed by atoms with Crippen molar-refractivity contribution >= 4 is 17.5 Å². The van der Waals surface area contributed by atoms with E-state index in [4.69, 9.17) is 4.74 Å². The SMILES string of the molecule is CN1C(=O)COC[C@@H]1[C@H](O)c1ccc(NC(=O)c2cccnc2)cc1. The molecule has 1 aromatic carbocycles. The van der Waals surface area contributed by atoms with E-state index in [1.807, 2.05) is 0 Å². The van der Waals surface area contributed by atoms with Crippen LogP contribution < -0.4 is 5.32 Å². The van der Waals surface area contributed by atoms with E-state index >= 15 is 0 Å². The van der Waals surface area contributed by atoms with Crippen LogP contribution in [0.1, 0.15) is 22.0 Å². The summed E-state index contributed by atoms with van der Waals surface area (Å²) < 4.78 is 5.22. The molecule has 0 saturated carbocycles. The number of pyridine rings is 1. The summed E-state index contributed by atoms with van der Waals surface area (Å²) in [6, 6.07) is 9.79. The van der Waals surface area contributed by atoms with Gasteiger partial charge in [-0.15, -0.1) is 0 Å². The van der Waals surface area contributed by atoms with Crippen LogP contribution in [0.3, 0.4) is 0 Å². The molecule has 0 radical (unpaired) electrons. The van der Waals surface area contributed by atoms with Crippen LogP contribution >= 0.6 is 0 Å². The third kappa shape index (κ3) is 3.84. The Bertz CT molecular complexity index is 749. The molecule has 130 valence electrons. The maximum atomic E-state index is 12.1.